The summed E-state index contributed by atoms with van der Waals surface area (Å²) < 4.78 is 24.5. The zero-order valence-corrected chi connectivity index (χ0v) is 17.1. The summed E-state index contributed by atoms with van der Waals surface area (Å²) in [4.78, 5) is 28.4. The Kier molecular flexibility index (Phi) is 7.65. The van der Waals surface area contributed by atoms with E-state index in [1.165, 1.54) is 6.07 Å². The molecular formula is C23H27FN2O4. The average molecular weight is 414 g/mol. The highest BCUT2D eigenvalue weighted by molar-refractivity contribution is 5.80. The number of likely N-dealkylation sites (N-methyl/N-ethyl adjacent to an activating group) is 1. The van der Waals surface area contributed by atoms with Gasteiger partial charge in [-0.2, -0.15) is 0 Å². The fourth-order valence-electron chi connectivity index (χ4n) is 3.41. The zero-order valence-electron chi connectivity index (χ0n) is 17.1. The van der Waals surface area contributed by atoms with Gasteiger partial charge >= 0.3 is 0 Å². The van der Waals surface area contributed by atoms with E-state index in [1.54, 1.807) is 35.0 Å². The van der Waals surface area contributed by atoms with Gasteiger partial charge in [0.25, 0.3) is 5.91 Å². The quantitative estimate of drug-likeness (QED) is 0.666. The molecule has 0 aromatic heterocycles. The maximum atomic E-state index is 13.6. The van der Waals surface area contributed by atoms with Crippen LogP contribution in [-0.4, -0.2) is 61.5 Å². The lowest BCUT2D eigenvalue weighted by molar-refractivity contribution is -0.141. The molecule has 2 aromatic carbocycles. The maximum absolute atomic E-state index is 13.6. The molecule has 0 saturated carbocycles. The van der Waals surface area contributed by atoms with E-state index in [4.69, 9.17) is 9.47 Å². The molecule has 1 aliphatic heterocycles. The molecular weight excluding hydrogens is 387 g/mol. The van der Waals surface area contributed by atoms with E-state index in [1.807, 2.05) is 30.3 Å². The summed E-state index contributed by atoms with van der Waals surface area (Å²) in [6.45, 7) is 1.66. The van der Waals surface area contributed by atoms with Gasteiger partial charge in [0.2, 0.25) is 5.91 Å². The van der Waals surface area contributed by atoms with E-state index in [-0.39, 0.29) is 36.7 Å². The Labute approximate surface area is 176 Å². The fraction of sp³-hybridized carbons (Fsp3) is 0.391. The Morgan fingerprint density at radius 2 is 1.70 bits per heavy atom. The number of likely N-dealkylation sites (tertiary alicyclic amines) is 1. The highest BCUT2D eigenvalue weighted by atomic mass is 19.1. The number of halogens is 1. The van der Waals surface area contributed by atoms with E-state index in [2.05, 4.69) is 0 Å². The molecule has 0 unspecified atom stereocenters. The third-order valence-corrected chi connectivity index (χ3v) is 5.20. The molecule has 160 valence electrons. The molecule has 0 spiro atoms. The first kappa shape index (κ1) is 21.6. The maximum Gasteiger partial charge on any atom is 0.260 e. The number of carbonyl (C=O) groups is 2. The largest absolute Gasteiger partial charge is 0.489 e. The normalized spacial score (nSPS) is 14.3. The molecule has 0 atom stereocenters. The van der Waals surface area contributed by atoms with Gasteiger partial charge in [0, 0.05) is 26.1 Å². The van der Waals surface area contributed by atoms with Crippen molar-refractivity contribution in [3.05, 3.63) is 60.4 Å². The number of amides is 2. The van der Waals surface area contributed by atoms with Crippen LogP contribution in [0.2, 0.25) is 0 Å². The topological polar surface area (TPSA) is 59.1 Å². The van der Waals surface area contributed by atoms with Gasteiger partial charge in [-0.25, -0.2) is 4.39 Å². The van der Waals surface area contributed by atoms with Crippen molar-refractivity contribution in [3.63, 3.8) is 0 Å². The van der Waals surface area contributed by atoms with Crippen LogP contribution in [0.25, 0.3) is 0 Å². The Morgan fingerprint density at radius 3 is 2.40 bits per heavy atom. The van der Waals surface area contributed by atoms with Gasteiger partial charge in [0.15, 0.2) is 18.2 Å². The van der Waals surface area contributed by atoms with Crippen molar-refractivity contribution in [2.75, 3.05) is 39.9 Å². The van der Waals surface area contributed by atoms with Crippen molar-refractivity contribution < 1.29 is 23.5 Å². The van der Waals surface area contributed by atoms with Crippen LogP contribution in [-0.2, 0) is 9.59 Å². The minimum atomic E-state index is -0.417. The number of carbonyl (C=O) groups excluding carboxylic acids is 2. The van der Waals surface area contributed by atoms with Gasteiger partial charge in [-0.1, -0.05) is 30.3 Å². The molecule has 1 saturated heterocycles. The van der Waals surface area contributed by atoms with Crippen LogP contribution in [0, 0.1) is 11.7 Å². The number of hydrogen-bond acceptors (Lipinski definition) is 4. The summed E-state index contributed by atoms with van der Waals surface area (Å²) >= 11 is 0. The zero-order chi connectivity index (χ0) is 21.3. The number of ether oxygens (including phenoxy) is 2. The number of hydrogen-bond donors (Lipinski definition) is 0. The van der Waals surface area contributed by atoms with Crippen molar-refractivity contribution in [1.29, 1.82) is 0 Å². The van der Waals surface area contributed by atoms with Gasteiger partial charge in [-0.05, 0) is 37.1 Å². The predicted octanol–water partition coefficient (Wildman–Crippen LogP) is 2.98. The third-order valence-electron chi connectivity index (χ3n) is 5.20. The molecule has 0 bridgehead atoms. The number of para-hydroxylation sites is 2. The third kappa shape index (κ3) is 5.95. The van der Waals surface area contributed by atoms with E-state index in [0.717, 1.165) is 0 Å². The van der Waals surface area contributed by atoms with Crippen molar-refractivity contribution >= 4 is 11.8 Å². The fourth-order valence-corrected chi connectivity index (χ4v) is 3.41. The summed E-state index contributed by atoms with van der Waals surface area (Å²) in [5, 5.41) is 0. The monoisotopic (exact) mass is 414 g/mol. The molecule has 6 nitrogen and oxygen atoms in total. The minimum absolute atomic E-state index is 0.00405. The molecule has 0 radical (unpaired) electrons. The summed E-state index contributed by atoms with van der Waals surface area (Å²) in [6, 6.07) is 15.4. The lowest BCUT2D eigenvalue weighted by Crippen LogP contribution is -2.45. The van der Waals surface area contributed by atoms with E-state index < -0.39 is 5.82 Å². The summed E-state index contributed by atoms with van der Waals surface area (Å²) in [5.74, 6) is 0.261. The summed E-state index contributed by atoms with van der Waals surface area (Å²) in [6.07, 6.45) is 1.24. The molecule has 2 amide bonds. The van der Waals surface area contributed by atoms with Gasteiger partial charge in [0.05, 0.1) is 6.54 Å². The molecule has 1 heterocycles. The van der Waals surface area contributed by atoms with Gasteiger partial charge in [-0.15, -0.1) is 0 Å². The minimum Gasteiger partial charge on any atom is -0.489 e. The number of nitrogens with zero attached hydrogens (tertiary/aromatic N) is 2. The van der Waals surface area contributed by atoms with Crippen LogP contribution in [0.4, 0.5) is 4.39 Å². The second-order valence-electron chi connectivity index (χ2n) is 7.30. The second kappa shape index (κ2) is 10.6. The Hall–Kier alpha value is -3.09. The van der Waals surface area contributed by atoms with Crippen molar-refractivity contribution in [2.45, 2.75) is 12.8 Å². The molecule has 1 fully saturated rings. The smallest absolute Gasteiger partial charge is 0.260 e. The predicted molar refractivity (Wildman–Crippen MR) is 111 cm³/mol. The van der Waals surface area contributed by atoms with Crippen LogP contribution >= 0.6 is 0 Å². The molecule has 0 N–H and O–H groups in total. The molecule has 1 aliphatic rings. The molecule has 2 aromatic rings. The second-order valence-corrected chi connectivity index (χ2v) is 7.30. The van der Waals surface area contributed by atoms with Crippen LogP contribution in [0.5, 0.6) is 11.5 Å². The summed E-state index contributed by atoms with van der Waals surface area (Å²) in [5.41, 5.74) is 0. The van der Waals surface area contributed by atoms with E-state index in [9.17, 15) is 14.0 Å². The van der Waals surface area contributed by atoms with Crippen LogP contribution in [0.15, 0.2) is 54.6 Å². The first-order valence-corrected chi connectivity index (χ1v) is 10.1. The molecule has 30 heavy (non-hydrogen) atoms. The van der Waals surface area contributed by atoms with E-state index in [0.29, 0.717) is 38.2 Å². The van der Waals surface area contributed by atoms with Gasteiger partial charge in [0.1, 0.15) is 12.4 Å². The van der Waals surface area contributed by atoms with Crippen LogP contribution in [0.3, 0.4) is 0 Å². The first-order chi connectivity index (χ1) is 14.5. The average Bonchev–Trinajstić information content (AvgIpc) is 2.79. The number of rotatable bonds is 8. The van der Waals surface area contributed by atoms with Crippen LogP contribution < -0.4 is 9.47 Å². The molecule has 7 heteroatoms. The number of benzene rings is 2. The lowest BCUT2D eigenvalue weighted by Gasteiger charge is -2.33. The van der Waals surface area contributed by atoms with Crippen molar-refractivity contribution in [3.8, 4) is 11.5 Å². The Balaban J connectivity index is 1.37. The van der Waals surface area contributed by atoms with Gasteiger partial charge < -0.3 is 19.3 Å². The van der Waals surface area contributed by atoms with Gasteiger partial charge in [-0.3, -0.25) is 9.59 Å². The standard InChI is InChI=1S/C23H27FN2O4/c1-25(15-16-29-21-10-6-5-9-20(21)24)23(28)18-11-13-26(14-12-18)22(27)17-30-19-7-3-2-4-8-19/h2-10,18H,11-17H2,1H3. The number of piperidine rings is 1. The summed E-state index contributed by atoms with van der Waals surface area (Å²) in [7, 11) is 1.72. The molecule has 3 rings (SSSR count). The van der Waals surface area contributed by atoms with Crippen molar-refractivity contribution in [1.82, 2.24) is 9.80 Å². The highest BCUT2D eigenvalue weighted by Gasteiger charge is 2.29. The lowest BCUT2D eigenvalue weighted by atomic mass is 9.95. The van der Waals surface area contributed by atoms with E-state index >= 15 is 0 Å². The Bertz CT molecular complexity index is 838. The SMILES string of the molecule is CN(CCOc1ccccc1F)C(=O)C1CCN(C(=O)COc2ccccc2)CC1. The molecule has 0 aliphatic carbocycles. The van der Waals surface area contributed by atoms with Crippen LogP contribution in [0.1, 0.15) is 12.8 Å². The first-order valence-electron chi connectivity index (χ1n) is 10.1. The van der Waals surface area contributed by atoms with Crippen molar-refractivity contribution in [2.24, 2.45) is 5.92 Å². The Morgan fingerprint density at radius 1 is 1.03 bits per heavy atom. The highest BCUT2D eigenvalue weighted by Crippen LogP contribution is 2.20.